The molecule has 0 atom stereocenters. The van der Waals surface area contributed by atoms with Gasteiger partial charge in [0.25, 0.3) is 0 Å². The molecule has 0 aliphatic rings. The van der Waals surface area contributed by atoms with Crippen molar-refractivity contribution in [3.05, 3.63) is 273 Å². The average Bonchev–Trinajstić information content (AvgIpc) is 3.35. The molecule has 7 heteroatoms. The Morgan fingerprint density at radius 3 is 0.731 bits per heavy atom. The molecule has 0 heterocycles. The number of rotatable bonds is 14. The zero-order valence-corrected chi connectivity index (χ0v) is 37.1. The number of hydrogen-bond donors (Lipinski definition) is 3. The van der Waals surface area contributed by atoms with Crippen LogP contribution in [-0.4, -0.2) is 66.1 Å². The SMILES string of the molecule is C(=Cc1ccc(Oc2ccc(C=Cc3ccccc3)c(C=Cc3ccccc3)c2C=Cc2ccccc2)c(C=Cc2ccccc2)c1C=Cc1ccccc1)c1ccccc1.O=P(O)(O)O.[KH]. The minimum atomic E-state index is -4.64. The number of hydrogen-bond acceptors (Lipinski definition) is 2. The molecule has 0 spiro atoms. The Morgan fingerprint density at radius 2 is 0.493 bits per heavy atom. The molecule has 0 bridgehead atoms. The van der Waals surface area contributed by atoms with E-state index in [1.165, 1.54) is 0 Å². The molecule has 0 saturated heterocycles. The van der Waals surface area contributed by atoms with Crippen molar-refractivity contribution < 1.29 is 24.0 Å². The molecular formula is C60H50KO5P. The van der Waals surface area contributed by atoms with E-state index in [2.05, 4.69) is 243 Å². The van der Waals surface area contributed by atoms with Crippen LogP contribution in [-0.2, 0) is 4.57 Å². The van der Waals surface area contributed by atoms with Gasteiger partial charge in [0.15, 0.2) is 0 Å². The number of ether oxygens (including phenoxy) is 1. The van der Waals surface area contributed by atoms with E-state index < -0.39 is 7.82 Å². The number of benzene rings is 8. The van der Waals surface area contributed by atoms with E-state index in [-0.39, 0.29) is 51.4 Å². The number of phosphoric acid groups is 1. The van der Waals surface area contributed by atoms with Gasteiger partial charge in [0.2, 0.25) is 0 Å². The summed E-state index contributed by atoms with van der Waals surface area (Å²) in [4.78, 5) is 21.6. The first kappa shape index (κ1) is 50.2. The predicted octanol–water partition coefficient (Wildman–Crippen LogP) is 14.9. The van der Waals surface area contributed by atoms with Gasteiger partial charge in [-0.3, -0.25) is 0 Å². The van der Waals surface area contributed by atoms with E-state index >= 15 is 0 Å². The molecule has 8 aromatic carbocycles. The van der Waals surface area contributed by atoms with E-state index in [0.717, 1.165) is 78.3 Å². The monoisotopic (exact) mass is 920 g/mol. The fourth-order valence-electron chi connectivity index (χ4n) is 7.04. The minimum absolute atomic E-state index is 0. The first-order chi connectivity index (χ1) is 32.2. The second kappa shape index (κ2) is 26.2. The summed E-state index contributed by atoms with van der Waals surface area (Å²) in [5.41, 5.74) is 12.9. The van der Waals surface area contributed by atoms with Gasteiger partial charge in [0.05, 0.1) is 0 Å². The van der Waals surface area contributed by atoms with E-state index in [4.69, 9.17) is 24.0 Å². The topological polar surface area (TPSA) is 87.0 Å². The summed E-state index contributed by atoms with van der Waals surface area (Å²) in [7, 11) is -4.64. The zero-order valence-electron chi connectivity index (χ0n) is 36.2. The van der Waals surface area contributed by atoms with Crippen molar-refractivity contribution in [2.75, 3.05) is 0 Å². The molecule has 0 aliphatic carbocycles. The summed E-state index contributed by atoms with van der Waals surface area (Å²) in [6.07, 6.45) is 26.2. The molecule has 0 saturated carbocycles. The Labute approximate surface area is 436 Å². The third kappa shape index (κ3) is 16.5. The Hall–Kier alpha value is -6.25. The third-order valence-electron chi connectivity index (χ3n) is 10.3. The van der Waals surface area contributed by atoms with Crippen molar-refractivity contribution in [1.82, 2.24) is 0 Å². The summed E-state index contributed by atoms with van der Waals surface area (Å²) < 4.78 is 16.1. The second-order valence-electron chi connectivity index (χ2n) is 15.0. The fourth-order valence-corrected chi connectivity index (χ4v) is 7.04. The first-order valence-electron chi connectivity index (χ1n) is 21.4. The van der Waals surface area contributed by atoms with Crippen LogP contribution in [0.5, 0.6) is 11.5 Å². The van der Waals surface area contributed by atoms with Gasteiger partial charge < -0.3 is 19.4 Å². The van der Waals surface area contributed by atoms with Crippen molar-refractivity contribution in [1.29, 1.82) is 0 Å². The van der Waals surface area contributed by atoms with Gasteiger partial charge in [0, 0.05) is 11.1 Å². The summed E-state index contributed by atoms with van der Waals surface area (Å²) in [6.45, 7) is 0. The van der Waals surface area contributed by atoms with E-state index in [1.807, 2.05) is 36.4 Å². The Bertz CT molecular complexity index is 2810. The molecule has 3 N–H and O–H groups in total. The van der Waals surface area contributed by atoms with Gasteiger partial charge in [-0.05, 0) is 67.8 Å². The van der Waals surface area contributed by atoms with Crippen molar-refractivity contribution in [3.8, 4) is 11.5 Å². The summed E-state index contributed by atoms with van der Waals surface area (Å²) in [5, 5.41) is 0. The maximum absolute atomic E-state index is 8.88. The molecule has 0 fully saturated rings. The van der Waals surface area contributed by atoms with Crippen LogP contribution >= 0.6 is 7.82 Å². The van der Waals surface area contributed by atoms with Gasteiger partial charge in [-0.15, -0.1) is 0 Å². The van der Waals surface area contributed by atoms with Crippen molar-refractivity contribution in [3.63, 3.8) is 0 Å². The zero-order chi connectivity index (χ0) is 45.8. The van der Waals surface area contributed by atoms with Crippen LogP contribution in [0.25, 0.3) is 72.9 Å². The van der Waals surface area contributed by atoms with Gasteiger partial charge >= 0.3 is 59.2 Å². The van der Waals surface area contributed by atoms with Gasteiger partial charge in [-0.1, -0.05) is 267 Å². The van der Waals surface area contributed by atoms with Crippen LogP contribution in [0.3, 0.4) is 0 Å². The van der Waals surface area contributed by atoms with Crippen LogP contribution in [0, 0.1) is 0 Å². The van der Waals surface area contributed by atoms with Gasteiger partial charge in [-0.25, -0.2) is 4.57 Å². The molecule has 5 nitrogen and oxygen atoms in total. The molecule has 8 aromatic rings. The van der Waals surface area contributed by atoms with Gasteiger partial charge in [0.1, 0.15) is 11.5 Å². The second-order valence-corrected chi connectivity index (χ2v) is 16.1. The van der Waals surface area contributed by atoms with Crippen LogP contribution in [0.2, 0.25) is 0 Å². The Kier molecular flexibility index (Phi) is 19.6. The van der Waals surface area contributed by atoms with Crippen LogP contribution in [0.4, 0.5) is 0 Å². The third-order valence-corrected chi connectivity index (χ3v) is 10.3. The van der Waals surface area contributed by atoms with E-state index in [9.17, 15) is 0 Å². The molecule has 0 amide bonds. The molecule has 0 aromatic heterocycles. The molecule has 0 unspecified atom stereocenters. The van der Waals surface area contributed by atoms with Crippen LogP contribution < -0.4 is 4.74 Å². The van der Waals surface area contributed by atoms with Crippen LogP contribution in [0.15, 0.2) is 206 Å². The maximum atomic E-state index is 8.88. The molecule has 0 radical (unpaired) electrons. The normalized spacial score (nSPS) is 11.7. The average molecular weight is 921 g/mol. The van der Waals surface area contributed by atoms with Crippen LogP contribution in [0.1, 0.15) is 66.8 Å². The summed E-state index contributed by atoms with van der Waals surface area (Å²) in [6, 6.07) is 71.0. The van der Waals surface area contributed by atoms with E-state index in [1.54, 1.807) is 0 Å². The molecular weight excluding hydrogens is 871 g/mol. The quantitative estimate of drug-likeness (QED) is 0.0575. The van der Waals surface area contributed by atoms with E-state index in [0.29, 0.717) is 0 Å². The van der Waals surface area contributed by atoms with Gasteiger partial charge in [-0.2, -0.15) is 0 Å². The summed E-state index contributed by atoms with van der Waals surface area (Å²) >= 11 is 0. The van der Waals surface area contributed by atoms with Crippen molar-refractivity contribution in [2.45, 2.75) is 0 Å². The molecule has 8 rings (SSSR count). The standard InChI is InChI=1S/C60H46O.K.H3O4P.H/c1-7-19-47(20-8-1)31-37-53-39-45-59(57(43-35-51-27-15-5-16-28-51)55(53)41-33-49-23-11-3-12-24-49)61-60-46-40-54(38-32-48-21-9-2-10-22-48)56(42-34-50-25-13-4-14-26-50)58(60)44-36-52-29-17-6-18-30-52;;1-5(2,3)4;/h1-46H;;(H3,1,2,3,4);. The molecule has 67 heavy (non-hydrogen) atoms. The molecule has 0 aliphatic heterocycles. The molecule has 326 valence electrons. The Balaban J connectivity index is 0.00000117. The summed E-state index contributed by atoms with van der Waals surface area (Å²) in [5.74, 6) is 1.49. The van der Waals surface area contributed by atoms with Crippen molar-refractivity contribution in [2.24, 2.45) is 0 Å². The Morgan fingerprint density at radius 1 is 0.284 bits per heavy atom. The van der Waals surface area contributed by atoms with Crippen molar-refractivity contribution >= 4 is 132 Å². The fraction of sp³-hybridized carbons (Fsp3) is 0. The predicted molar refractivity (Wildman–Crippen MR) is 287 cm³/mol. The first-order valence-corrected chi connectivity index (χ1v) is 23.0.